The number of hydrogen-bond donors (Lipinski definition) is 0. The minimum atomic E-state index is 0.700. The van der Waals surface area contributed by atoms with Crippen LogP contribution in [0.4, 0.5) is 11.5 Å². The Morgan fingerprint density at radius 3 is 2.56 bits per heavy atom. The summed E-state index contributed by atoms with van der Waals surface area (Å²) in [6.45, 7) is 14.1. The van der Waals surface area contributed by atoms with Crippen molar-refractivity contribution in [3.63, 3.8) is 0 Å². The molecule has 170 valence electrons. The predicted molar refractivity (Wildman–Crippen MR) is 136 cm³/mol. The number of benzene rings is 2. The first-order valence-electron chi connectivity index (χ1n) is 12.0. The number of aryl methyl sites for hydroxylation is 3. The van der Waals surface area contributed by atoms with Crippen LogP contribution >= 0.6 is 0 Å². The lowest BCUT2D eigenvalue weighted by Crippen LogP contribution is -2.20. The van der Waals surface area contributed by atoms with Crippen LogP contribution in [0.25, 0.3) is 10.9 Å². The SMILES string of the molecule is C=C(CCCCc1cc(N(CCC)c2nc(C)nc3ccccc23)ccc1CC)OCC. The molecule has 0 bridgehead atoms. The number of nitrogens with zero attached hydrogens (tertiary/aromatic N) is 3. The zero-order chi connectivity index (χ0) is 22.9. The van der Waals surface area contributed by atoms with E-state index >= 15 is 0 Å². The van der Waals surface area contributed by atoms with Crippen LogP contribution in [0.3, 0.4) is 0 Å². The smallest absolute Gasteiger partial charge is 0.144 e. The first-order chi connectivity index (χ1) is 15.6. The molecule has 4 nitrogen and oxygen atoms in total. The number of allylic oxidation sites excluding steroid dienone is 1. The van der Waals surface area contributed by atoms with Crippen LogP contribution in [0.5, 0.6) is 0 Å². The number of aromatic nitrogens is 2. The summed E-state index contributed by atoms with van der Waals surface area (Å²) in [5, 5.41) is 1.10. The molecule has 0 fully saturated rings. The average Bonchev–Trinajstić information content (AvgIpc) is 2.80. The Kier molecular flexibility index (Phi) is 8.66. The number of para-hydroxylation sites is 1. The van der Waals surface area contributed by atoms with Crippen molar-refractivity contribution in [3.05, 3.63) is 71.8 Å². The molecule has 0 amide bonds. The summed E-state index contributed by atoms with van der Waals surface area (Å²) in [6, 6.07) is 15.2. The zero-order valence-electron chi connectivity index (χ0n) is 20.2. The van der Waals surface area contributed by atoms with Crippen molar-refractivity contribution in [3.8, 4) is 0 Å². The van der Waals surface area contributed by atoms with E-state index in [4.69, 9.17) is 9.72 Å². The van der Waals surface area contributed by atoms with Gasteiger partial charge in [-0.15, -0.1) is 0 Å². The monoisotopic (exact) mass is 431 g/mol. The third-order valence-corrected chi connectivity index (χ3v) is 5.78. The summed E-state index contributed by atoms with van der Waals surface area (Å²) >= 11 is 0. The molecule has 0 saturated carbocycles. The summed E-state index contributed by atoms with van der Waals surface area (Å²) < 4.78 is 5.50. The predicted octanol–water partition coefficient (Wildman–Crippen LogP) is 7.31. The third-order valence-electron chi connectivity index (χ3n) is 5.78. The molecule has 0 aliphatic heterocycles. The molecule has 3 aromatic rings. The van der Waals surface area contributed by atoms with E-state index in [2.05, 4.69) is 66.7 Å². The Bertz CT molecular complexity index is 1040. The summed E-state index contributed by atoms with van der Waals surface area (Å²) in [5.74, 6) is 2.70. The fourth-order valence-corrected chi connectivity index (χ4v) is 4.23. The van der Waals surface area contributed by atoms with Crippen molar-refractivity contribution < 1.29 is 4.74 Å². The van der Waals surface area contributed by atoms with Gasteiger partial charge < -0.3 is 9.64 Å². The Morgan fingerprint density at radius 1 is 1.00 bits per heavy atom. The van der Waals surface area contributed by atoms with Crippen LogP contribution in [-0.2, 0) is 17.6 Å². The van der Waals surface area contributed by atoms with Crippen LogP contribution < -0.4 is 4.90 Å². The molecule has 0 unspecified atom stereocenters. The molecule has 0 aliphatic rings. The van der Waals surface area contributed by atoms with Crippen molar-refractivity contribution in [2.45, 2.75) is 66.2 Å². The largest absolute Gasteiger partial charge is 0.499 e. The quantitative estimate of drug-likeness (QED) is 0.222. The highest BCUT2D eigenvalue weighted by Crippen LogP contribution is 2.32. The van der Waals surface area contributed by atoms with Crippen LogP contribution in [0.1, 0.15) is 63.4 Å². The number of unbranched alkanes of at least 4 members (excludes halogenated alkanes) is 1. The van der Waals surface area contributed by atoms with Gasteiger partial charge in [0.05, 0.1) is 17.9 Å². The van der Waals surface area contributed by atoms with E-state index in [-0.39, 0.29) is 0 Å². The van der Waals surface area contributed by atoms with E-state index in [9.17, 15) is 0 Å². The molecule has 3 rings (SSSR count). The fraction of sp³-hybridized carbons (Fsp3) is 0.429. The van der Waals surface area contributed by atoms with E-state index in [1.165, 1.54) is 16.8 Å². The van der Waals surface area contributed by atoms with Gasteiger partial charge in [-0.1, -0.05) is 38.6 Å². The van der Waals surface area contributed by atoms with Gasteiger partial charge in [0, 0.05) is 24.0 Å². The highest BCUT2D eigenvalue weighted by atomic mass is 16.5. The molecule has 2 aromatic carbocycles. The number of hydrogen-bond acceptors (Lipinski definition) is 4. The van der Waals surface area contributed by atoms with Crippen molar-refractivity contribution in [1.82, 2.24) is 9.97 Å². The van der Waals surface area contributed by atoms with E-state index < -0.39 is 0 Å². The molecule has 0 N–H and O–H groups in total. The van der Waals surface area contributed by atoms with E-state index in [0.29, 0.717) is 6.61 Å². The highest BCUT2D eigenvalue weighted by molar-refractivity contribution is 5.91. The maximum atomic E-state index is 5.50. The van der Waals surface area contributed by atoms with Gasteiger partial charge in [-0.3, -0.25) is 0 Å². The number of ether oxygens (including phenoxy) is 1. The summed E-state index contributed by atoms with van der Waals surface area (Å²) in [6.07, 6.45) is 6.32. The molecule has 1 heterocycles. The molecule has 0 saturated heterocycles. The molecular formula is C28H37N3O. The van der Waals surface area contributed by atoms with Gasteiger partial charge in [0.15, 0.2) is 0 Å². The lowest BCUT2D eigenvalue weighted by molar-refractivity contribution is 0.218. The van der Waals surface area contributed by atoms with Crippen molar-refractivity contribution in [2.24, 2.45) is 0 Å². The number of fused-ring (bicyclic) bond motifs is 1. The summed E-state index contributed by atoms with van der Waals surface area (Å²) in [5.41, 5.74) is 5.07. The standard InChI is InChI=1S/C28H37N3O/c1-6-19-31(28-26-15-11-12-16-27(26)29-22(5)30-28)25-18-17-23(7-2)24(20-25)14-10-9-13-21(4)32-8-3/h11-12,15-18,20H,4,6-10,13-14,19H2,1-3,5H3. The lowest BCUT2D eigenvalue weighted by atomic mass is 9.98. The average molecular weight is 432 g/mol. The zero-order valence-corrected chi connectivity index (χ0v) is 20.2. The van der Waals surface area contributed by atoms with Gasteiger partial charge in [-0.05, 0) is 81.3 Å². The van der Waals surface area contributed by atoms with Gasteiger partial charge >= 0.3 is 0 Å². The maximum absolute atomic E-state index is 5.50. The Morgan fingerprint density at radius 2 is 1.81 bits per heavy atom. The van der Waals surface area contributed by atoms with Crippen molar-refractivity contribution in [1.29, 1.82) is 0 Å². The van der Waals surface area contributed by atoms with E-state index in [1.807, 2.05) is 19.9 Å². The maximum Gasteiger partial charge on any atom is 0.144 e. The molecule has 0 aliphatic carbocycles. The Balaban J connectivity index is 1.89. The molecule has 32 heavy (non-hydrogen) atoms. The summed E-state index contributed by atoms with van der Waals surface area (Å²) in [7, 11) is 0. The van der Waals surface area contributed by atoms with Crippen LogP contribution in [0, 0.1) is 6.92 Å². The Labute approximate surface area is 193 Å². The minimum absolute atomic E-state index is 0.700. The normalized spacial score (nSPS) is 11.0. The van der Waals surface area contributed by atoms with Gasteiger partial charge in [0.25, 0.3) is 0 Å². The second kappa shape index (κ2) is 11.7. The minimum Gasteiger partial charge on any atom is -0.499 e. The van der Waals surface area contributed by atoms with Crippen LogP contribution in [0.2, 0.25) is 0 Å². The summed E-state index contributed by atoms with van der Waals surface area (Å²) in [4.78, 5) is 11.9. The van der Waals surface area contributed by atoms with E-state index in [1.54, 1.807) is 0 Å². The topological polar surface area (TPSA) is 38.2 Å². The number of rotatable bonds is 12. The van der Waals surface area contributed by atoms with Gasteiger partial charge in [-0.25, -0.2) is 9.97 Å². The van der Waals surface area contributed by atoms with Gasteiger partial charge in [-0.2, -0.15) is 0 Å². The third kappa shape index (κ3) is 5.87. The van der Waals surface area contributed by atoms with Crippen molar-refractivity contribution in [2.75, 3.05) is 18.1 Å². The number of anilines is 2. The molecule has 4 heteroatoms. The Hall–Kier alpha value is -2.88. The highest BCUT2D eigenvalue weighted by Gasteiger charge is 2.16. The van der Waals surface area contributed by atoms with Gasteiger partial charge in [0.1, 0.15) is 11.6 Å². The lowest BCUT2D eigenvalue weighted by Gasteiger charge is -2.26. The van der Waals surface area contributed by atoms with E-state index in [0.717, 1.165) is 73.4 Å². The van der Waals surface area contributed by atoms with Crippen LogP contribution in [0.15, 0.2) is 54.8 Å². The molecule has 0 atom stereocenters. The molecular weight excluding hydrogens is 394 g/mol. The van der Waals surface area contributed by atoms with Crippen molar-refractivity contribution >= 4 is 22.4 Å². The van der Waals surface area contributed by atoms with Crippen LogP contribution in [-0.4, -0.2) is 23.1 Å². The second-order valence-corrected chi connectivity index (χ2v) is 8.25. The fourth-order valence-electron chi connectivity index (χ4n) is 4.23. The molecule has 1 aromatic heterocycles. The molecule has 0 radical (unpaired) electrons. The van der Waals surface area contributed by atoms with Gasteiger partial charge in [0.2, 0.25) is 0 Å². The first-order valence-corrected chi connectivity index (χ1v) is 12.0. The first kappa shape index (κ1) is 23.8. The molecule has 0 spiro atoms. The second-order valence-electron chi connectivity index (χ2n) is 8.25.